The predicted molar refractivity (Wildman–Crippen MR) is 132 cm³/mol. The van der Waals surface area contributed by atoms with E-state index in [1.165, 1.54) is 0 Å². The first-order chi connectivity index (χ1) is 16.0. The predicted octanol–water partition coefficient (Wildman–Crippen LogP) is 4.15. The summed E-state index contributed by atoms with van der Waals surface area (Å²) in [5, 5.41) is 4.16. The quantitative estimate of drug-likeness (QED) is 0.505. The van der Waals surface area contributed by atoms with Crippen LogP contribution in [-0.2, 0) is 0 Å². The fourth-order valence-corrected chi connectivity index (χ4v) is 5.26. The number of benzene rings is 2. The number of carbonyl (C=O) groups is 1. The standard InChI is InChI=1S/C27H30N4O2/c1-18(2)29-15-9-12-21(29)16-28-26(32)24-17-30(20-10-5-4-6-11-20)27(33)25-19(3)22-13-7-8-14-23(22)31(24)25/h4-8,10-11,13-14,17-18,21H,9,12,15-16H2,1-3H3,(H,28,32)/t21-/m0/s1. The van der Waals surface area contributed by atoms with Crippen LogP contribution in [0.25, 0.3) is 22.1 Å². The van der Waals surface area contributed by atoms with Crippen LogP contribution in [0.15, 0.2) is 65.6 Å². The molecule has 1 N–H and O–H groups in total. The van der Waals surface area contributed by atoms with Crippen molar-refractivity contribution < 1.29 is 4.79 Å². The van der Waals surface area contributed by atoms with Gasteiger partial charge >= 0.3 is 0 Å². The molecular formula is C27H30N4O2. The van der Waals surface area contributed by atoms with E-state index in [1.54, 1.807) is 10.8 Å². The maximum atomic E-state index is 13.6. The lowest BCUT2D eigenvalue weighted by atomic mass is 10.2. The molecule has 1 fully saturated rings. The van der Waals surface area contributed by atoms with Gasteiger partial charge in [-0.1, -0.05) is 36.4 Å². The molecule has 6 nitrogen and oxygen atoms in total. The van der Waals surface area contributed by atoms with E-state index in [-0.39, 0.29) is 11.5 Å². The highest BCUT2D eigenvalue weighted by molar-refractivity contribution is 5.99. The van der Waals surface area contributed by atoms with Crippen molar-refractivity contribution in [2.75, 3.05) is 13.1 Å². The molecule has 4 aromatic rings. The van der Waals surface area contributed by atoms with Gasteiger partial charge in [0, 0.05) is 35.9 Å². The highest BCUT2D eigenvalue weighted by atomic mass is 16.2. The Kier molecular flexibility index (Phi) is 5.54. The third kappa shape index (κ3) is 3.64. The molecule has 2 aromatic carbocycles. The number of amides is 1. The number of carbonyl (C=O) groups excluding carboxylic acids is 1. The second-order valence-corrected chi connectivity index (χ2v) is 9.19. The first kappa shape index (κ1) is 21.5. The molecular weight excluding hydrogens is 412 g/mol. The van der Waals surface area contributed by atoms with E-state index in [0.29, 0.717) is 29.8 Å². The van der Waals surface area contributed by atoms with Crippen LogP contribution in [0, 0.1) is 6.92 Å². The summed E-state index contributed by atoms with van der Waals surface area (Å²) in [7, 11) is 0. The van der Waals surface area contributed by atoms with E-state index in [1.807, 2.05) is 65.9 Å². The van der Waals surface area contributed by atoms with Gasteiger partial charge in [-0.15, -0.1) is 0 Å². The van der Waals surface area contributed by atoms with Crippen LogP contribution in [0.1, 0.15) is 42.7 Å². The molecule has 170 valence electrons. The van der Waals surface area contributed by atoms with Gasteiger partial charge in [-0.05, 0) is 63.9 Å². The molecule has 0 spiro atoms. The fourth-order valence-electron chi connectivity index (χ4n) is 5.26. The van der Waals surface area contributed by atoms with Gasteiger partial charge in [0.1, 0.15) is 11.2 Å². The molecule has 1 saturated heterocycles. The number of rotatable bonds is 5. The van der Waals surface area contributed by atoms with E-state index in [0.717, 1.165) is 41.5 Å². The lowest BCUT2D eigenvalue weighted by molar-refractivity contribution is 0.0928. The van der Waals surface area contributed by atoms with Crippen LogP contribution in [0.5, 0.6) is 0 Å². The van der Waals surface area contributed by atoms with Crippen molar-refractivity contribution in [3.05, 3.63) is 82.4 Å². The third-order valence-electron chi connectivity index (χ3n) is 6.89. The van der Waals surface area contributed by atoms with Gasteiger partial charge in [0.2, 0.25) is 0 Å². The van der Waals surface area contributed by atoms with Crippen molar-refractivity contribution in [1.82, 2.24) is 19.2 Å². The first-order valence-corrected chi connectivity index (χ1v) is 11.7. The summed E-state index contributed by atoms with van der Waals surface area (Å²) in [4.78, 5) is 29.6. The van der Waals surface area contributed by atoms with Crippen LogP contribution in [0.3, 0.4) is 0 Å². The first-order valence-electron chi connectivity index (χ1n) is 11.7. The minimum absolute atomic E-state index is 0.131. The number of aromatic nitrogens is 2. The van der Waals surface area contributed by atoms with Crippen molar-refractivity contribution in [2.24, 2.45) is 0 Å². The Morgan fingerprint density at radius 3 is 2.58 bits per heavy atom. The molecule has 1 amide bonds. The lowest BCUT2D eigenvalue weighted by Crippen LogP contribution is -2.43. The molecule has 0 bridgehead atoms. The summed E-state index contributed by atoms with van der Waals surface area (Å²) in [6, 6.07) is 18.2. The Bertz CT molecular complexity index is 1380. The van der Waals surface area contributed by atoms with E-state index >= 15 is 0 Å². The Balaban J connectivity index is 1.64. The highest BCUT2D eigenvalue weighted by Gasteiger charge is 2.27. The van der Waals surface area contributed by atoms with Crippen LogP contribution < -0.4 is 10.9 Å². The normalized spacial score (nSPS) is 16.8. The summed E-state index contributed by atoms with van der Waals surface area (Å²) >= 11 is 0. The fraction of sp³-hybridized carbons (Fsp3) is 0.333. The molecule has 2 aromatic heterocycles. The summed E-state index contributed by atoms with van der Waals surface area (Å²) in [5.74, 6) is -0.166. The van der Waals surface area contributed by atoms with Crippen molar-refractivity contribution in [2.45, 2.75) is 45.7 Å². The number of nitrogens with zero attached hydrogens (tertiary/aromatic N) is 3. The van der Waals surface area contributed by atoms with E-state index in [9.17, 15) is 9.59 Å². The number of para-hydroxylation sites is 2. The second-order valence-electron chi connectivity index (χ2n) is 9.19. The van der Waals surface area contributed by atoms with Gasteiger partial charge in [-0.25, -0.2) is 0 Å². The van der Waals surface area contributed by atoms with Crippen LogP contribution >= 0.6 is 0 Å². The molecule has 6 heteroatoms. The van der Waals surface area contributed by atoms with Gasteiger partial charge in [0.25, 0.3) is 11.5 Å². The Labute approximate surface area is 193 Å². The molecule has 1 atom stereocenters. The third-order valence-corrected chi connectivity index (χ3v) is 6.89. The van der Waals surface area contributed by atoms with Gasteiger partial charge in [0.15, 0.2) is 0 Å². The van der Waals surface area contributed by atoms with Gasteiger partial charge in [-0.3, -0.25) is 23.5 Å². The smallest absolute Gasteiger partial charge is 0.279 e. The Hall–Kier alpha value is -3.38. The summed E-state index contributed by atoms with van der Waals surface area (Å²) < 4.78 is 3.42. The molecule has 3 heterocycles. The lowest BCUT2D eigenvalue weighted by Gasteiger charge is -2.28. The number of nitrogens with one attached hydrogen (secondary N) is 1. The van der Waals surface area contributed by atoms with Gasteiger partial charge in [0.05, 0.1) is 5.52 Å². The minimum atomic E-state index is -0.166. The van der Waals surface area contributed by atoms with Crippen LogP contribution in [-0.4, -0.2) is 44.9 Å². The maximum absolute atomic E-state index is 13.6. The van der Waals surface area contributed by atoms with Crippen molar-refractivity contribution >= 4 is 22.3 Å². The SMILES string of the molecule is Cc1c2ccccc2n2c(C(=O)NC[C@@H]3CCCN3C(C)C)cn(-c3ccccc3)c(=O)c12. The molecule has 33 heavy (non-hydrogen) atoms. The molecule has 0 aliphatic carbocycles. The summed E-state index contributed by atoms with van der Waals surface area (Å²) in [6.07, 6.45) is 3.92. The van der Waals surface area contributed by atoms with Crippen molar-refractivity contribution in [1.29, 1.82) is 0 Å². The van der Waals surface area contributed by atoms with E-state index in [4.69, 9.17) is 0 Å². The average Bonchev–Trinajstić information content (AvgIpc) is 3.42. The topological polar surface area (TPSA) is 58.8 Å². The zero-order valence-corrected chi connectivity index (χ0v) is 19.4. The molecule has 1 aliphatic heterocycles. The van der Waals surface area contributed by atoms with Gasteiger partial charge in [-0.2, -0.15) is 0 Å². The summed E-state index contributed by atoms with van der Waals surface area (Å²) in [5.41, 5.74) is 3.37. The van der Waals surface area contributed by atoms with Crippen LogP contribution in [0.4, 0.5) is 0 Å². The maximum Gasteiger partial charge on any atom is 0.279 e. The Morgan fingerprint density at radius 2 is 1.82 bits per heavy atom. The number of hydrogen-bond donors (Lipinski definition) is 1. The highest BCUT2D eigenvalue weighted by Crippen LogP contribution is 2.26. The second kappa shape index (κ2) is 8.52. The number of hydrogen-bond acceptors (Lipinski definition) is 3. The van der Waals surface area contributed by atoms with E-state index in [2.05, 4.69) is 24.1 Å². The minimum Gasteiger partial charge on any atom is -0.349 e. The largest absolute Gasteiger partial charge is 0.349 e. The summed E-state index contributed by atoms with van der Waals surface area (Å²) in [6.45, 7) is 8.03. The van der Waals surface area contributed by atoms with Crippen LogP contribution in [0.2, 0.25) is 0 Å². The van der Waals surface area contributed by atoms with Crippen molar-refractivity contribution in [3.63, 3.8) is 0 Å². The monoisotopic (exact) mass is 442 g/mol. The molecule has 0 unspecified atom stereocenters. The molecule has 5 rings (SSSR count). The molecule has 0 saturated carbocycles. The zero-order chi connectivity index (χ0) is 23.1. The molecule has 1 aliphatic rings. The molecule has 0 radical (unpaired) electrons. The van der Waals surface area contributed by atoms with Gasteiger partial charge < -0.3 is 5.32 Å². The zero-order valence-electron chi connectivity index (χ0n) is 19.4. The Morgan fingerprint density at radius 1 is 1.09 bits per heavy atom. The van der Waals surface area contributed by atoms with Crippen molar-refractivity contribution in [3.8, 4) is 5.69 Å². The van der Waals surface area contributed by atoms with E-state index < -0.39 is 0 Å². The average molecular weight is 443 g/mol. The number of aryl methyl sites for hydroxylation is 1. The number of likely N-dealkylation sites (tertiary alicyclic amines) is 1. The number of fused-ring (bicyclic) bond motifs is 3.